The molecule has 0 aliphatic carbocycles. The third-order valence-electron chi connectivity index (χ3n) is 2.63. The number of hydrogen-bond donors (Lipinski definition) is 1. The zero-order chi connectivity index (χ0) is 15.6. The van der Waals surface area contributed by atoms with E-state index in [0.29, 0.717) is 4.34 Å². The minimum absolute atomic E-state index is 0.271. The summed E-state index contributed by atoms with van der Waals surface area (Å²) >= 11 is 7.13. The number of amides is 1. The lowest BCUT2D eigenvalue weighted by atomic mass is 10.3. The summed E-state index contributed by atoms with van der Waals surface area (Å²) in [5.41, 5.74) is -1.02. The maximum atomic E-state index is 12.4. The Labute approximate surface area is 127 Å². The van der Waals surface area contributed by atoms with Gasteiger partial charge >= 0.3 is 6.18 Å². The van der Waals surface area contributed by atoms with Gasteiger partial charge in [0.2, 0.25) is 5.91 Å². The Morgan fingerprint density at radius 3 is 2.71 bits per heavy atom. The van der Waals surface area contributed by atoms with E-state index in [1.54, 1.807) is 19.1 Å². The fourth-order valence-corrected chi connectivity index (χ4v) is 2.73. The summed E-state index contributed by atoms with van der Waals surface area (Å²) in [6.07, 6.45) is -3.39. The van der Waals surface area contributed by atoms with Crippen LogP contribution in [0, 0.1) is 0 Å². The van der Waals surface area contributed by atoms with Crippen molar-refractivity contribution in [1.82, 2.24) is 15.1 Å². The van der Waals surface area contributed by atoms with Crippen molar-refractivity contribution >= 4 is 28.8 Å². The van der Waals surface area contributed by atoms with E-state index in [4.69, 9.17) is 11.6 Å². The predicted molar refractivity (Wildman–Crippen MR) is 73.1 cm³/mol. The minimum Gasteiger partial charge on any atom is -0.347 e. The van der Waals surface area contributed by atoms with Crippen molar-refractivity contribution in [3.8, 4) is 0 Å². The summed E-state index contributed by atoms with van der Waals surface area (Å²) in [4.78, 5) is 12.6. The first kappa shape index (κ1) is 15.8. The molecule has 2 aromatic heterocycles. The van der Waals surface area contributed by atoms with Crippen LogP contribution < -0.4 is 5.32 Å². The average Bonchev–Trinajstić information content (AvgIpc) is 2.97. The maximum absolute atomic E-state index is 12.4. The van der Waals surface area contributed by atoms with Crippen molar-refractivity contribution in [2.45, 2.75) is 25.7 Å². The highest BCUT2D eigenvalue weighted by Crippen LogP contribution is 2.28. The minimum atomic E-state index is -4.51. The van der Waals surface area contributed by atoms with Crippen LogP contribution in [0.5, 0.6) is 0 Å². The first-order valence-electron chi connectivity index (χ1n) is 5.91. The molecule has 9 heteroatoms. The lowest BCUT2D eigenvalue weighted by Crippen LogP contribution is -2.30. The molecule has 0 aliphatic rings. The van der Waals surface area contributed by atoms with E-state index < -0.39 is 17.8 Å². The number of nitrogens with zero attached hydrogens (tertiary/aromatic N) is 2. The maximum Gasteiger partial charge on any atom is 0.435 e. The summed E-state index contributed by atoms with van der Waals surface area (Å²) in [7, 11) is 0. The Bertz CT molecular complexity index is 638. The van der Waals surface area contributed by atoms with Gasteiger partial charge in [0, 0.05) is 11.1 Å². The van der Waals surface area contributed by atoms with Crippen LogP contribution in [-0.4, -0.2) is 15.7 Å². The van der Waals surface area contributed by atoms with Crippen LogP contribution in [0.3, 0.4) is 0 Å². The number of hydrogen-bond acceptors (Lipinski definition) is 3. The van der Waals surface area contributed by atoms with Crippen LogP contribution in [-0.2, 0) is 17.5 Å². The molecule has 1 amide bonds. The fraction of sp³-hybridized carbons (Fsp3) is 0.333. The van der Waals surface area contributed by atoms with Gasteiger partial charge < -0.3 is 5.32 Å². The highest BCUT2D eigenvalue weighted by atomic mass is 35.5. The molecule has 1 atom stereocenters. The first-order chi connectivity index (χ1) is 9.75. The monoisotopic (exact) mass is 337 g/mol. The van der Waals surface area contributed by atoms with E-state index >= 15 is 0 Å². The molecule has 0 bridgehead atoms. The topological polar surface area (TPSA) is 46.9 Å². The van der Waals surface area contributed by atoms with Crippen LogP contribution in [0.1, 0.15) is 23.5 Å². The van der Waals surface area contributed by atoms with Crippen molar-refractivity contribution in [3.05, 3.63) is 39.3 Å². The Morgan fingerprint density at radius 2 is 2.19 bits per heavy atom. The highest BCUT2D eigenvalue weighted by molar-refractivity contribution is 7.16. The molecule has 0 unspecified atom stereocenters. The molecule has 0 saturated heterocycles. The zero-order valence-electron chi connectivity index (χ0n) is 10.8. The van der Waals surface area contributed by atoms with Crippen molar-refractivity contribution in [2.75, 3.05) is 0 Å². The van der Waals surface area contributed by atoms with Crippen LogP contribution >= 0.6 is 22.9 Å². The summed E-state index contributed by atoms with van der Waals surface area (Å²) < 4.78 is 38.7. The Balaban J connectivity index is 1.94. The molecule has 114 valence electrons. The number of rotatable bonds is 4. The van der Waals surface area contributed by atoms with E-state index in [2.05, 4.69) is 10.4 Å². The molecule has 1 N–H and O–H groups in total. The van der Waals surface area contributed by atoms with Gasteiger partial charge in [-0.1, -0.05) is 11.6 Å². The quantitative estimate of drug-likeness (QED) is 0.928. The van der Waals surface area contributed by atoms with Crippen molar-refractivity contribution in [2.24, 2.45) is 0 Å². The number of halogens is 4. The average molecular weight is 338 g/mol. The Morgan fingerprint density at radius 1 is 1.48 bits per heavy atom. The summed E-state index contributed by atoms with van der Waals surface area (Å²) in [6, 6.07) is 4.06. The zero-order valence-corrected chi connectivity index (χ0v) is 12.4. The molecular formula is C12H11ClF3N3OS. The fourth-order valence-electron chi connectivity index (χ4n) is 1.67. The number of thiophene rings is 1. The number of nitrogens with one attached hydrogen (secondary N) is 1. The van der Waals surface area contributed by atoms with Crippen molar-refractivity contribution in [3.63, 3.8) is 0 Å². The predicted octanol–water partition coefficient (Wildman–Crippen LogP) is 3.49. The molecule has 2 heterocycles. The second-order valence-corrected chi connectivity index (χ2v) is 6.07. The standard InChI is InChI=1S/C12H11ClF3N3OS/c1-7(8-2-3-10(13)21-8)17-11(20)6-19-5-4-9(18-19)12(14,15)16/h2-5,7H,6H2,1H3,(H,17,20)/t7-/m0/s1. The van der Waals surface area contributed by atoms with Gasteiger partial charge in [-0.25, -0.2) is 0 Å². The van der Waals surface area contributed by atoms with Crippen LogP contribution in [0.25, 0.3) is 0 Å². The second kappa shape index (κ2) is 6.07. The van der Waals surface area contributed by atoms with Crippen molar-refractivity contribution in [1.29, 1.82) is 0 Å². The van der Waals surface area contributed by atoms with Crippen LogP contribution in [0.2, 0.25) is 4.34 Å². The first-order valence-corrected chi connectivity index (χ1v) is 7.10. The van der Waals surface area contributed by atoms with Gasteiger partial charge in [-0.2, -0.15) is 18.3 Å². The van der Waals surface area contributed by atoms with Crippen molar-refractivity contribution < 1.29 is 18.0 Å². The lowest BCUT2D eigenvalue weighted by molar-refractivity contribution is -0.141. The Kier molecular flexibility index (Phi) is 4.58. The van der Waals surface area contributed by atoms with Gasteiger partial charge in [0.25, 0.3) is 0 Å². The summed E-state index contributed by atoms with van der Waals surface area (Å²) in [5.74, 6) is -0.427. The van der Waals surface area contributed by atoms with E-state index in [1.807, 2.05) is 0 Å². The molecule has 2 aromatic rings. The largest absolute Gasteiger partial charge is 0.435 e. The van der Waals surface area contributed by atoms with Gasteiger partial charge in [0.15, 0.2) is 5.69 Å². The molecular weight excluding hydrogens is 327 g/mol. The van der Waals surface area contributed by atoms with Crippen LogP contribution in [0.15, 0.2) is 24.4 Å². The van der Waals surface area contributed by atoms with E-state index in [1.165, 1.54) is 11.3 Å². The SMILES string of the molecule is C[C@H](NC(=O)Cn1ccc(C(F)(F)F)n1)c1ccc(Cl)s1. The molecule has 0 aliphatic heterocycles. The number of aromatic nitrogens is 2. The van der Waals surface area contributed by atoms with Gasteiger partial charge in [-0.05, 0) is 25.1 Å². The second-order valence-electron chi connectivity index (χ2n) is 4.33. The molecule has 4 nitrogen and oxygen atoms in total. The lowest BCUT2D eigenvalue weighted by Gasteiger charge is -2.12. The number of carbonyl (C=O) groups is 1. The van der Waals surface area contributed by atoms with Crippen LogP contribution in [0.4, 0.5) is 13.2 Å². The third-order valence-corrected chi connectivity index (χ3v) is 4.05. The van der Waals surface area contributed by atoms with Gasteiger partial charge in [-0.15, -0.1) is 11.3 Å². The smallest absolute Gasteiger partial charge is 0.347 e. The number of alkyl halides is 3. The van der Waals surface area contributed by atoms with Gasteiger partial charge in [-0.3, -0.25) is 9.48 Å². The highest BCUT2D eigenvalue weighted by Gasteiger charge is 2.33. The molecule has 0 spiro atoms. The molecule has 0 radical (unpaired) electrons. The summed E-state index contributed by atoms with van der Waals surface area (Å²) in [5, 5.41) is 5.99. The third kappa shape index (κ3) is 4.21. The molecule has 0 fully saturated rings. The molecule has 0 saturated carbocycles. The van der Waals surface area contributed by atoms with E-state index in [9.17, 15) is 18.0 Å². The normalized spacial score (nSPS) is 13.2. The molecule has 21 heavy (non-hydrogen) atoms. The van der Waals surface area contributed by atoms with E-state index in [-0.39, 0.29) is 12.6 Å². The van der Waals surface area contributed by atoms with Gasteiger partial charge in [0.05, 0.1) is 10.4 Å². The summed E-state index contributed by atoms with van der Waals surface area (Å²) in [6.45, 7) is 1.49. The van der Waals surface area contributed by atoms with Gasteiger partial charge in [0.1, 0.15) is 6.54 Å². The molecule has 2 rings (SSSR count). The molecule has 0 aromatic carbocycles. The Hall–Kier alpha value is -1.54. The number of carbonyl (C=O) groups excluding carboxylic acids is 1. The van der Waals surface area contributed by atoms with E-state index in [0.717, 1.165) is 21.8 Å².